The molecule has 0 aliphatic rings. The third kappa shape index (κ3) is 2.95. The second-order valence-electron chi connectivity index (χ2n) is 3.90. The van der Waals surface area contributed by atoms with Gasteiger partial charge in [0.25, 0.3) is 0 Å². The number of phenolic OH excluding ortho intramolecular Hbond substituents is 3. The summed E-state index contributed by atoms with van der Waals surface area (Å²) in [5.74, 6) is -1.50. The van der Waals surface area contributed by atoms with E-state index in [9.17, 15) is 15.0 Å². The summed E-state index contributed by atoms with van der Waals surface area (Å²) in [5.41, 5.74) is 0.419. The average molecular weight is 260 g/mol. The third-order valence-electron chi connectivity index (χ3n) is 2.54. The molecule has 0 aromatic heterocycles. The van der Waals surface area contributed by atoms with E-state index in [2.05, 4.69) is 0 Å². The van der Waals surface area contributed by atoms with Crippen LogP contribution in [-0.2, 0) is 11.3 Å². The Morgan fingerprint density at radius 2 is 1.58 bits per heavy atom. The molecule has 0 heterocycles. The molecule has 0 atom stereocenters. The first-order chi connectivity index (χ1) is 9.08. The second kappa shape index (κ2) is 5.30. The summed E-state index contributed by atoms with van der Waals surface area (Å²) in [6, 6.07) is 10.5. The fourth-order valence-corrected chi connectivity index (χ4v) is 1.57. The number of carbonyl (C=O) groups excluding carboxylic acids is 1. The molecule has 0 aliphatic carbocycles. The van der Waals surface area contributed by atoms with E-state index in [1.165, 1.54) is 0 Å². The Balaban J connectivity index is 2.10. The van der Waals surface area contributed by atoms with Crippen molar-refractivity contribution in [2.75, 3.05) is 0 Å². The zero-order chi connectivity index (χ0) is 13.8. The van der Waals surface area contributed by atoms with Gasteiger partial charge in [0.15, 0.2) is 0 Å². The maximum absolute atomic E-state index is 11.7. The van der Waals surface area contributed by atoms with E-state index in [1.54, 1.807) is 30.3 Å². The van der Waals surface area contributed by atoms with Crippen molar-refractivity contribution in [1.29, 1.82) is 0 Å². The molecular weight excluding hydrogens is 248 g/mol. The van der Waals surface area contributed by atoms with E-state index < -0.39 is 5.97 Å². The predicted molar refractivity (Wildman–Crippen MR) is 67.0 cm³/mol. The smallest absolute Gasteiger partial charge is 0.338 e. The molecule has 0 aliphatic heterocycles. The summed E-state index contributed by atoms with van der Waals surface area (Å²) < 4.78 is 4.98. The van der Waals surface area contributed by atoms with E-state index >= 15 is 0 Å². The lowest BCUT2D eigenvalue weighted by atomic mass is 10.1. The fraction of sp³-hybridized carbons (Fsp3) is 0.0714. The molecule has 0 saturated carbocycles. The quantitative estimate of drug-likeness (QED) is 0.736. The molecule has 0 bridgehead atoms. The number of ether oxygens (including phenoxy) is 1. The van der Waals surface area contributed by atoms with Crippen LogP contribution in [0.15, 0.2) is 42.5 Å². The Labute approximate surface area is 109 Å². The van der Waals surface area contributed by atoms with Gasteiger partial charge in [-0.05, 0) is 12.1 Å². The van der Waals surface area contributed by atoms with Crippen LogP contribution < -0.4 is 0 Å². The minimum absolute atomic E-state index is 0.0436. The molecule has 0 fully saturated rings. The molecule has 0 amide bonds. The average Bonchev–Trinajstić information content (AvgIpc) is 2.38. The molecule has 5 heteroatoms. The topological polar surface area (TPSA) is 87.0 Å². The summed E-state index contributed by atoms with van der Waals surface area (Å²) in [5, 5.41) is 28.2. The molecule has 2 rings (SSSR count). The minimum atomic E-state index is -0.563. The minimum Gasteiger partial charge on any atom is -0.508 e. The second-order valence-corrected chi connectivity index (χ2v) is 3.90. The predicted octanol–water partition coefficient (Wildman–Crippen LogP) is 2.16. The van der Waals surface area contributed by atoms with Crippen LogP contribution in [-0.4, -0.2) is 21.3 Å². The Bertz CT molecular complexity index is 569. The van der Waals surface area contributed by atoms with Gasteiger partial charge in [-0.25, -0.2) is 4.79 Å². The summed E-state index contributed by atoms with van der Waals surface area (Å²) in [7, 11) is 0. The first-order valence-electron chi connectivity index (χ1n) is 5.54. The van der Waals surface area contributed by atoms with Crippen LogP contribution in [0.5, 0.6) is 17.2 Å². The molecule has 0 saturated heterocycles. The highest BCUT2D eigenvalue weighted by molar-refractivity contribution is 5.89. The van der Waals surface area contributed by atoms with Crippen LogP contribution in [0.1, 0.15) is 15.9 Å². The number of benzene rings is 2. The largest absolute Gasteiger partial charge is 0.508 e. The van der Waals surface area contributed by atoms with Crippen LogP contribution in [0.2, 0.25) is 0 Å². The standard InChI is InChI=1S/C14H12O5/c15-10-6-12(16)11(13(17)7-10)8-19-14(18)9-4-2-1-3-5-9/h1-7,15-17H,8H2. The van der Waals surface area contributed by atoms with Crippen molar-refractivity contribution in [2.24, 2.45) is 0 Å². The van der Waals surface area contributed by atoms with E-state index in [-0.39, 0.29) is 29.4 Å². The molecule has 0 unspecified atom stereocenters. The molecule has 2 aromatic rings. The molecule has 19 heavy (non-hydrogen) atoms. The first-order valence-corrected chi connectivity index (χ1v) is 5.54. The molecule has 3 N–H and O–H groups in total. The summed E-state index contributed by atoms with van der Waals surface area (Å²) in [6.45, 7) is -0.286. The number of hydrogen-bond acceptors (Lipinski definition) is 5. The zero-order valence-corrected chi connectivity index (χ0v) is 9.91. The normalized spacial score (nSPS) is 10.1. The van der Waals surface area contributed by atoms with Crippen molar-refractivity contribution in [3.8, 4) is 17.2 Å². The molecule has 0 spiro atoms. The number of hydrogen-bond donors (Lipinski definition) is 3. The Morgan fingerprint density at radius 3 is 2.16 bits per heavy atom. The van der Waals surface area contributed by atoms with Gasteiger partial charge in [-0.2, -0.15) is 0 Å². The number of esters is 1. The van der Waals surface area contributed by atoms with Gasteiger partial charge in [0.05, 0.1) is 11.1 Å². The van der Waals surface area contributed by atoms with Crippen molar-refractivity contribution in [1.82, 2.24) is 0 Å². The van der Waals surface area contributed by atoms with Crippen LogP contribution in [0, 0.1) is 0 Å². The SMILES string of the molecule is O=C(OCc1c(O)cc(O)cc1O)c1ccccc1. The lowest BCUT2D eigenvalue weighted by Gasteiger charge is -2.09. The van der Waals surface area contributed by atoms with Gasteiger partial charge in [-0.1, -0.05) is 18.2 Å². The lowest BCUT2D eigenvalue weighted by Crippen LogP contribution is -2.05. The zero-order valence-electron chi connectivity index (χ0n) is 9.91. The number of carbonyl (C=O) groups is 1. The van der Waals surface area contributed by atoms with Crippen molar-refractivity contribution in [3.63, 3.8) is 0 Å². The van der Waals surface area contributed by atoms with E-state index in [0.29, 0.717) is 5.56 Å². The maximum atomic E-state index is 11.7. The summed E-state index contributed by atoms with van der Waals surface area (Å²) >= 11 is 0. The van der Waals surface area contributed by atoms with Gasteiger partial charge in [0, 0.05) is 12.1 Å². The van der Waals surface area contributed by atoms with Gasteiger partial charge in [0.2, 0.25) is 0 Å². The monoisotopic (exact) mass is 260 g/mol. The number of phenols is 3. The summed E-state index contributed by atoms with van der Waals surface area (Å²) in [6.07, 6.45) is 0. The van der Waals surface area contributed by atoms with Crippen molar-refractivity contribution < 1.29 is 24.9 Å². The van der Waals surface area contributed by atoms with Crippen LogP contribution in [0.3, 0.4) is 0 Å². The van der Waals surface area contributed by atoms with Gasteiger partial charge >= 0.3 is 5.97 Å². The molecular formula is C14H12O5. The Morgan fingerprint density at radius 1 is 1.00 bits per heavy atom. The number of aromatic hydroxyl groups is 3. The molecule has 0 radical (unpaired) electrons. The highest BCUT2D eigenvalue weighted by atomic mass is 16.5. The highest BCUT2D eigenvalue weighted by Crippen LogP contribution is 2.32. The van der Waals surface area contributed by atoms with Crippen molar-refractivity contribution in [3.05, 3.63) is 53.6 Å². The van der Waals surface area contributed by atoms with Gasteiger partial charge in [-0.3, -0.25) is 0 Å². The lowest BCUT2D eigenvalue weighted by molar-refractivity contribution is 0.0468. The van der Waals surface area contributed by atoms with Gasteiger partial charge in [0.1, 0.15) is 23.9 Å². The van der Waals surface area contributed by atoms with E-state index in [4.69, 9.17) is 9.84 Å². The number of rotatable bonds is 3. The third-order valence-corrected chi connectivity index (χ3v) is 2.54. The van der Waals surface area contributed by atoms with Gasteiger partial charge in [-0.15, -0.1) is 0 Å². The molecule has 98 valence electrons. The van der Waals surface area contributed by atoms with Crippen LogP contribution >= 0.6 is 0 Å². The van der Waals surface area contributed by atoms with Crippen molar-refractivity contribution in [2.45, 2.75) is 6.61 Å². The fourth-order valence-electron chi connectivity index (χ4n) is 1.57. The van der Waals surface area contributed by atoms with Crippen LogP contribution in [0.4, 0.5) is 0 Å². The maximum Gasteiger partial charge on any atom is 0.338 e. The van der Waals surface area contributed by atoms with E-state index in [0.717, 1.165) is 12.1 Å². The van der Waals surface area contributed by atoms with E-state index in [1.807, 2.05) is 0 Å². The summed E-state index contributed by atoms with van der Waals surface area (Å²) in [4.78, 5) is 11.7. The highest BCUT2D eigenvalue weighted by Gasteiger charge is 2.13. The van der Waals surface area contributed by atoms with Crippen LogP contribution in [0.25, 0.3) is 0 Å². The van der Waals surface area contributed by atoms with Crippen molar-refractivity contribution >= 4 is 5.97 Å². The Hall–Kier alpha value is -2.69. The molecule has 5 nitrogen and oxygen atoms in total. The molecule has 2 aromatic carbocycles. The Kier molecular flexibility index (Phi) is 3.56. The van der Waals surface area contributed by atoms with Gasteiger partial charge < -0.3 is 20.1 Å². The first kappa shape index (κ1) is 12.8.